The predicted octanol–water partition coefficient (Wildman–Crippen LogP) is 3.68. The average Bonchev–Trinajstić information content (AvgIpc) is 3.06. The highest BCUT2D eigenvalue weighted by Crippen LogP contribution is 2.27. The Morgan fingerprint density at radius 3 is 2.70 bits per heavy atom. The lowest BCUT2D eigenvalue weighted by Gasteiger charge is -2.19. The second-order valence-electron chi connectivity index (χ2n) is 6.29. The van der Waals surface area contributed by atoms with Crippen LogP contribution in [0, 0.1) is 17.0 Å². The van der Waals surface area contributed by atoms with E-state index < -0.39 is 10.8 Å². The van der Waals surface area contributed by atoms with Crippen molar-refractivity contribution in [2.24, 2.45) is 0 Å². The summed E-state index contributed by atoms with van der Waals surface area (Å²) in [5.74, 6) is -0.278. The maximum absolute atomic E-state index is 12.1. The van der Waals surface area contributed by atoms with E-state index in [1.165, 1.54) is 18.2 Å². The van der Waals surface area contributed by atoms with Crippen molar-refractivity contribution in [3.63, 3.8) is 0 Å². The first kappa shape index (κ1) is 18.3. The first-order valence-electron chi connectivity index (χ1n) is 8.59. The van der Waals surface area contributed by atoms with Crippen molar-refractivity contribution < 1.29 is 14.5 Å². The topological polar surface area (TPSA) is 92.5 Å². The molecule has 27 heavy (non-hydrogen) atoms. The van der Waals surface area contributed by atoms with Gasteiger partial charge in [-0.1, -0.05) is 12.1 Å². The maximum atomic E-state index is 12.1. The fourth-order valence-electron chi connectivity index (χ4n) is 3.08. The molecule has 0 saturated carbocycles. The Morgan fingerprint density at radius 1 is 1.26 bits per heavy atom. The largest absolute Gasteiger partial charge is 0.323 e. The summed E-state index contributed by atoms with van der Waals surface area (Å²) >= 11 is 0. The predicted molar refractivity (Wildman–Crippen MR) is 104 cm³/mol. The monoisotopic (exact) mass is 365 g/mol. The molecule has 2 amide bonds. The Balaban J connectivity index is 1.70. The number of hydrogen-bond donors (Lipinski definition) is 1. The van der Waals surface area contributed by atoms with Crippen molar-refractivity contribution >= 4 is 35.0 Å². The molecule has 0 aliphatic carbocycles. The standard InChI is InChI=1S/C20H19N3O4/c1-14-13-16(9-10-17(14)22-12-4-7-20(22)25)21-19(24)11-8-15-5-2-3-6-18(15)23(26)27/h2-3,5-6,8-11,13H,4,7,12H2,1H3,(H,21,24)/b11-8+. The molecule has 1 saturated heterocycles. The number of para-hydroxylation sites is 1. The van der Waals surface area contributed by atoms with Gasteiger partial charge in [0, 0.05) is 36.5 Å². The molecule has 1 N–H and O–H groups in total. The van der Waals surface area contributed by atoms with E-state index in [0.717, 1.165) is 17.7 Å². The van der Waals surface area contributed by atoms with E-state index >= 15 is 0 Å². The number of benzene rings is 2. The van der Waals surface area contributed by atoms with Gasteiger partial charge in [-0.3, -0.25) is 19.7 Å². The Morgan fingerprint density at radius 2 is 2.04 bits per heavy atom. The van der Waals surface area contributed by atoms with E-state index in [1.54, 1.807) is 35.2 Å². The Bertz CT molecular complexity index is 937. The van der Waals surface area contributed by atoms with Crippen LogP contribution >= 0.6 is 0 Å². The zero-order valence-electron chi connectivity index (χ0n) is 14.8. The fraction of sp³-hybridized carbons (Fsp3) is 0.200. The van der Waals surface area contributed by atoms with Crippen molar-refractivity contribution in [1.29, 1.82) is 0 Å². The Labute approximate surface area is 156 Å². The summed E-state index contributed by atoms with van der Waals surface area (Å²) < 4.78 is 0. The van der Waals surface area contributed by atoms with Gasteiger partial charge in [0.1, 0.15) is 0 Å². The molecule has 0 unspecified atom stereocenters. The third-order valence-corrected chi connectivity index (χ3v) is 4.38. The quantitative estimate of drug-likeness (QED) is 0.497. The van der Waals surface area contributed by atoms with Gasteiger partial charge in [0.15, 0.2) is 0 Å². The average molecular weight is 365 g/mol. The highest BCUT2D eigenvalue weighted by Gasteiger charge is 2.22. The lowest BCUT2D eigenvalue weighted by Crippen LogP contribution is -2.24. The van der Waals surface area contributed by atoms with Crippen molar-refractivity contribution in [1.82, 2.24) is 0 Å². The molecule has 1 aliphatic rings. The minimum atomic E-state index is -0.487. The fourth-order valence-corrected chi connectivity index (χ4v) is 3.08. The van der Waals surface area contributed by atoms with Crippen molar-refractivity contribution in [2.75, 3.05) is 16.8 Å². The molecule has 0 atom stereocenters. The second kappa shape index (κ2) is 7.82. The second-order valence-corrected chi connectivity index (χ2v) is 6.29. The zero-order valence-corrected chi connectivity index (χ0v) is 14.8. The molecule has 0 aromatic heterocycles. The normalized spacial score (nSPS) is 14.0. The van der Waals surface area contributed by atoms with E-state index in [0.29, 0.717) is 24.2 Å². The molecule has 0 spiro atoms. The van der Waals surface area contributed by atoms with Crippen LogP contribution in [-0.2, 0) is 9.59 Å². The van der Waals surface area contributed by atoms with Gasteiger partial charge in [0.05, 0.1) is 10.5 Å². The summed E-state index contributed by atoms with van der Waals surface area (Å²) in [7, 11) is 0. The number of carbonyl (C=O) groups is 2. The van der Waals surface area contributed by atoms with Crippen LogP contribution in [0.25, 0.3) is 6.08 Å². The van der Waals surface area contributed by atoms with Crippen LogP contribution in [0.5, 0.6) is 0 Å². The number of aryl methyl sites for hydroxylation is 1. The maximum Gasteiger partial charge on any atom is 0.276 e. The summed E-state index contributed by atoms with van der Waals surface area (Å²) in [6.07, 6.45) is 4.09. The van der Waals surface area contributed by atoms with Gasteiger partial charge in [-0.25, -0.2) is 0 Å². The summed E-state index contributed by atoms with van der Waals surface area (Å²) in [6.45, 7) is 2.60. The smallest absolute Gasteiger partial charge is 0.276 e. The molecule has 1 aliphatic heterocycles. The van der Waals surface area contributed by atoms with Crippen LogP contribution in [0.1, 0.15) is 24.0 Å². The summed E-state index contributed by atoms with van der Waals surface area (Å²) in [4.78, 5) is 36.3. The molecule has 2 aromatic rings. The van der Waals surface area contributed by atoms with Crippen LogP contribution in [0.15, 0.2) is 48.5 Å². The van der Waals surface area contributed by atoms with E-state index in [4.69, 9.17) is 0 Å². The van der Waals surface area contributed by atoms with Crippen molar-refractivity contribution in [3.8, 4) is 0 Å². The molecule has 138 valence electrons. The van der Waals surface area contributed by atoms with Crippen molar-refractivity contribution in [3.05, 3.63) is 69.8 Å². The van der Waals surface area contributed by atoms with Gasteiger partial charge in [0.25, 0.3) is 5.69 Å². The molecule has 0 radical (unpaired) electrons. The number of nitro benzene ring substituents is 1. The summed E-state index contributed by atoms with van der Waals surface area (Å²) in [6, 6.07) is 11.6. The SMILES string of the molecule is Cc1cc(NC(=O)/C=C/c2ccccc2[N+](=O)[O-])ccc1N1CCCC1=O. The zero-order chi connectivity index (χ0) is 19.4. The summed E-state index contributed by atoms with van der Waals surface area (Å²) in [5, 5.41) is 13.7. The number of nitro groups is 1. The minimum Gasteiger partial charge on any atom is -0.323 e. The highest BCUT2D eigenvalue weighted by atomic mass is 16.6. The Kier molecular flexibility index (Phi) is 5.30. The van der Waals surface area contributed by atoms with E-state index in [-0.39, 0.29) is 11.6 Å². The lowest BCUT2D eigenvalue weighted by molar-refractivity contribution is -0.385. The third kappa shape index (κ3) is 4.20. The molecular weight excluding hydrogens is 346 g/mol. The van der Waals surface area contributed by atoms with Gasteiger partial charge in [-0.15, -0.1) is 0 Å². The first-order chi connectivity index (χ1) is 13.0. The minimum absolute atomic E-state index is 0.0583. The van der Waals surface area contributed by atoms with Crippen LogP contribution < -0.4 is 10.2 Å². The number of nitrogens with zero attached hydrogens (tertiary/aromatic N) is 2. The molecular formula is C20H19N3O4. The number of hydrogen-bond acceptors (Lipinski definition) is 4. The highest BCUT2D eigenvalue weighted by molar-refractivity contribution is 6.02. The van der Waals surface area contributed by atoms with Crippen LogP contribution in [0.3, 0.4) is 0 Å². The van der Waals surface area contributed by atoms with Crippen molar-refractivity contribution in [2.45, 2.75) is 19.8 Å². The third-order valence-electron chi connectivity index (χ3n) is 4.38. The van der Waals surface area contributed by atoms with Gasteiger partial charge in [-0.2, -0.15) is 0 Å². The van der Waals surface area contributed by atoms with E-state index in [9.17, 15) is 19.7 Å². The van der Waals surface area contributed by atoms with Crippen LogP contribution in [0.4, 0.5) is 17.1 Å². The number of carbonyl (C=O) groups excluding carboxylic acids is 2. The molecule has 3 rings (SSSR count). The number of anilines is 2. The lowest BCUT2D eigenvalue weighted by atomic mass is 10.1. The number of nitrogens with one attached hydrogen (secondary N) is 1. The number of rotatable bonds is 5. The number of amides is 2. The summed E-state index contributed by atoms with van der Waals surface area (Å²) in [5.41, 5.74) is 2.64. The molecule has 7 heteroatoms. The van der Waals surface area contributed by atoms with Gasteiger partial charge >= 0.3 is 0 Å². The van der Waals surface area contributed by atoms with Gasteiger partial charge in [-0.05, 0) is 49.2 Å². The first-order valence-corrected chi connectivity index (χ1v) is 8.59. The molecule has 0 bridgehead atoms. The molecule has 1 fully saturated rings. The van der Waals surface area contributed by atoms with E-state index in [1.807, 2.05) is 13.0 Å². The molecule has 1 heterocycles. The van der Waals surface area contributed by atoms with Gasteiger partial charge < -0.3 is 10.2 Å². The Hall–Kier alpha value is -3.48. The van der Waals surface area contributed by atoms with E-state index in [2.05, 4.69) is 5.32 Å². The molecule has 2 aromatic carbocycles. The van der Waals surface area contributed by atoms with Gasteiger partial charge in [0.2, 0.25) is 11.8 Å². The van der Waals surface area contributed by atoms with Crippen LogP contribution in [-0.4, -0.2) is 23.3 Å². The molecule has 7 nitrogen and oxygen atoms in total. The van der Waals surface area contributed by atoms with Crippen LogP contribution in [0.2, 0.25) is 0 Å².